The standard InChI is InChI=1S/C26H42O5/c1-7-26(5,6)25(29)31-22-11-15(2)10-21-17(4)12-16(3)20(24(21)22)9-8-19-13-18(27)14-23(28)30-19/h12,15-16,18-22,24,27H,7-11,13-14H2,1-6H3/t15-,16+,18+,19+,20-,21+,22-,24+/m0/s1. The third-order valence-electron chi connectivity index (χ3n) is 8.22. The van der Waals surface area contributed by atoms with Gasteiger partial charge in [-0.2, -0.15) is 0 Å². The highest BCUT2D eigenvalue weighted by atomic mass is 16.6. The first kappa shape index (κ1) is 24.3. The molecule has 1 saturated carbocycles. The lowest BCUT2D eigenvalue weighted by Gasteiger charge is -2.49. The van der Waals surface area contributed by atoms with Crippen LogP contribution in [0.2, 0.25) is 0 Å². The van der Waals surface area contributed by atoms with E-state index < -0.39 is 11.5 Å². The van der Waals surface area contributed by atoms with Gasteiger partial charge in [0.25, 0.3) is 0 Å². The lowest BCUT2D eigenvalue weighted by Crippen LogP contribution is -2.48. The van der Waals surface area contributed by atoms with Crippen molar-refractivity contribution in [1.29, 1.82) is 0 Å². The lowest BCUT2D eigenvalue weighted by atomic mass is 9.58. The summed E-state index contributed by atoms with van der Waals surface area (Å²) in [5.41, 5.74) is 0.958. The Kier molecular flexibility index (Phi) is 7.55. The van der Waals surface area contributed by atoms with Gasteiger partial charge in [-0.25, -0.2) is 0 Å². The molecule has 0 aromatic carbocycles. The zero-order chi connectivity index (χ0) is 22.9. The van der Waals surface area contributed by atoms with E-state index in [1.165, 1.54) is 5.57 Å². The molecule has 0 spiro atoms. The molecule has 0 unspecified atom stereocenters. The summed E-state index contributed by atoms with van der Waals surface area (Å²) in [6.07, 6.45) is 6.64. The predicted molar refractivity (Wildman–Crippen MR) is 120 cm³/mol. The number of hydrogen-bond donors (Lipinski definition) is 1. The summed E-state index contributed by atoms with van der Waals surface area (Å²) in [6, 6.07) is 0. The second kappa shape index (κ2) is 9.64. The van der Waals surface area contributed by atoms with Crippen LogP contribution in [-0.4, -0.2) is 35.4 Å². The van der Waals surface area contributed by atoms with E-state index in [9.17, 15) is 14.7 Å². The number of rotatable bonds is 6. The largest absolute Gasteiger partial charge is 0.462 e. The Morgan fingerprint density at radius 3 is 2.58 bits per heavy atom. The summed E-state index contributed by atoms with van der Waals surface area (Å²) in [5, 5.41) is 9.96. The van der Waals surface area contributed by atoms with Gasteiger partial charge in [0.1, 0.15) is 12.2 Å². The molecule has 31 heavy (non-hydrogen) atoms. The van der Waals surface area contributed by atoms with Gasteiger partial charge in [0.15, 0.2) is 0 Å². The summed E-state index contributed by atoms with van der Waals surface area (Å²) in [5.74, 6) is 1.64. The molecule has 1 saturated heterocycles. The average molecular weight is 435 g/mol. The molecule has 0 aromatic heterocycles. The summed E-state index contributed by atoms with van der Waals surface area (Å²) in [7, 11) is 0. The van der Waals surface area contributed by atoms with Crippen molar-refractivity contribution in [1.82, 2.24) is 0 Å². The van der Waals surface area contributed by atoms with Gasteiger partial charge in [0.2, 0.25) is 0 Å². The number of cyclic esters (lactones) is 1. The number of fused-ring (bicyclic) bond motifs is 1. The number of hydrogen-bond acceptors (Lipinski definition) is 5. The van der Waals surface area contributed by atoms with E-state index in [-0.39, 0.29) is 30.6 Å². The van der Waals surface area contributed by atoms with E-state index in [4.69, 9.17) is 9.47 Å². The van der Waals surface area contributed by atoms with Crippen LogP contribution >= 0.6 is 0 Å². The lowest BCUT2D eigenvalue weighted by molar-refractivity contribution is -0.171. The molecular formula is C26H42O5. The molecule has 3 rings (SSSR count). The van der Waals surface area contributed by atoms with E-state index in [0.29, 0.717) is 36.0 Å². The molecule has 0 radical (unpaired) electrons. The van der Waals surface area contributed by atoms with E-state index in [0.717, 1.165) is 32.1 Å². The number of esters is 2. The molecule has 5 heteroatoms. The van der Waals surface area contributed by atoms with Crippen molar-refractivity contribution in [2.24, 2.45) is 35.0 Å². The molecule has 8 atom stereocenters. The minimum atomic E-state index is -0.592. The summed E-state index contributed by atoms with van der Waals surface area (Å²) in [4.78, 5) is 24.7. The number of ether oxygens (including phenoxy) is 2. The fourth-order valence-electron chi connectivity index (χ4n) is 6.02. The minimum absolute atomic E-state index is 0.0670. The summed E-state index contributed by atoms with van der Waals surface area (Å²) < 4.78 is 11.8. The molecule has 0 amide bonds. The smallest absolute Gasteiger partial charge is 0.311 e. The summed E-state index contributed by atoms with van der Waals surface area (Å²) >= 11 is 0. The van der Waals surface area contributed by atoms with Crippen molar-refractivity contribution in [2.45, 2.75) is 105 Å². The van der Waals surface area contributed by atoms with Gasteiger partial charge in [-0.15, -0.1) is 0 Å². The van der Waals surface area contributed by atoms with E-state index in [1.807, 2.05) is 20.8 Å². The van der Waals surface area contributed by atoms with Crippen LogP contribution in [0.5, 0.6) is 0 Å². The monoisotopic (exact) mass is 434 g/mol. The Morgan fingerprint density at radius 1 is 1.23 bits per heavy atom. The van der Waals surface area contributed by atoms with Gasteiger partial charge >= 0.3 is 11.9 Å². The molecule has 0 aromatic rings. The molecule has 5 nitrogen and oxygen atoms in total. The van der Waals surface area contributed by atoms with Gasteiger partial charge in [-0.05, 0) is 76.5 Å². The molecule has 2 aliphatic carbocycles. The first-order valence-corrected chi connectivity index (χ1v) is 12.3. The van der Waals surface area contributed by atoms with E-state index >= 15 is 0 Å². The number of aliphatic hydroxyl groups is 1. The highest BCUT2D eigenvalue weighted by Gasteiger charge is 2.47. The zero-order valence-corrected chi connectivity index (χ0v) is 20.2. The highest BCUT2D eigenvalue weighted by molar-refractivity contribution is 5.76. The van der Waals surface area contributed by atoms with Crippen molar-refractivity contribution in [2.75, 3.05) is 0 Å². The minimum Gasteiger partial charge on any atom is -0.462 e. The van der Waals surface area contributed by atoms with E-state index in [1.54, 1.807) is 0 Å². The normalized spacial score (nSPS) is 38.7. The van der Waals surface area contributed by atoms with Crippen molar-refractivity contribution in [3.63, 3.8) is 0 Å². The number of aliphatic hydroxyl groups excluding tert-OH is 1. The quantitative estimate of drug-likeness (QED) is 0.467. The fraction of sp³-hybridized carbons (Fsp3) is 0.846. The SMILES string of the molecule is CCC(C)(C)C(=O)O[C@H]1C[C@@H](C)C[C@@H]2C(C)=C[C@@H](C)[C@H](CC[C@@H]3C[C@@H](O)CC(=O)O3)[C@@H]12. The molecule has 1 N–H and O–H groups in total. The van der Waals surface area contributed by atoms with Crippen molar-refractivity contribution >= 4 is 11.9 Å². The molecule has 1 heterocycles. The Bertz CT molecular complexity index is 696. The fourth-order valence-corrected chi connectivity index (χ4v) is 6.02. The van der Waals surface area contributed by atoms with E-state index in [2.05, 4.69) is 26.8 Å². The average Bonchev–Trinajstić information content (AvgIpc) is 2.67. The molecule has 176 valence electrons. The Hall–Kier alpha value is -1.36. The van der Waals surface area contributed by atoms with Gasteiger partial charge in [0, 0.05) is 12.3 Å². The van der Waals surface area contributed by atoms with Crippen LogP contribution < -0.4 is 0 Å². The van der Waals surface area contributed by atoms with Gasteiger partial charge in [0.05, 0.1) is 17.9 Å². The van der Waals surface area contributed by atoms with Crippen LogP contribution in [0.25, 0.3) is 0 Å². The van der Waals surface area contributed by atoms with Crippen LogP contribution in [0.1, 0.15) is 86.5 Å². The van der Waals surface area contributed by atoms with Crippen LogP contribution in [0.3, 0.4) is 0 Å². The number of carbonyl (C=O) groups is 2. The molecule has 3 aliphatic rings. The van der Waals surface area contributed by atoms with Crippen molar-refractivity contribution in [3.05, 3.63) is 11.6 Å². The third-order valence-corrected chi connectivity index (χ3v) is 8.22. The maximum absolute atomic E-state index is 13.0. The Balaban J connectivity index is 1.78. The van der Waals surface area contributed by atoms with Crippen LogP contribution in [0.4, 0.5) is 0 Å². The molecular weight excluding hydrogens is 392 g/mol. The maximum Gasteiger partial charge on any atom is 0.311 e. The zero-order valence-electron chi connectivity index (χ0n) is 20.2. The Labute approximate surface area is 188 Å². The summed E-state index contributed by atoms with van der Waals surface area (Å²) in [6.45, 7) is 12.7. The highest BCUT2D eigenvalue weighted by Crippen LogP contribution is 2.50. The van der Waals surface area contributed by atoms with Crippen molar-refractivity contribution < 1.29 is 24.2 Å². The molecule has 2 fully saturated rings. The van der Waals surface area contributed by atoms with Gasteiger partial charge in [-0.3, -0.25) is 9.59 Å². The predicted octanol–water partition coefficient (Wildman–Crippen LogP) is 5.06. The first-order chi connectivity index (χ1) is 14.5. The first-order valence-electron chi connectivity index (χ1n) is 12.3. The van der Waals surface area contributed by atoms with Crippen LogP contribution in [0.15, 0.2) is 11.6 Å². The van der Waals surface area contributed by atoms with Crippen LogP contribution in [0, 0.1) is 35.0 Å². The topological polar surface area (TPSA) is 72.8 Å². The molecule has 0 bridgehead atoms. The van der Waals surface area contributed by atoms with Crippen molar-refractivity contribution in [3.8, 4) is 0 Å². The third kappa shape index (κ3) is 5.53. The second-order valence-electron chi connectivity index (χ2n) is 11.2. The second-order valence-corrected chi connectivity index (χ2v) is 11.2. The Morgan fingerprint density at radius 2 is 1.94 bits per heavy atom. The van der Waals surface area contributed by atoms with Gasteiger partial charge in [-0.1, -0.05) is 32.4 Å². The van der Waals surface area contributed by atoms with Gasteiger partial charge < -0.3 is 14.6 Å². The number of carbonyl (C=O) groups excluding carboxylic acids is 2. The molecule has 1 aliphatic heterocycles. The maximum atomic E-state index is 13.0. The number of allylic oxidation sites excluding steroid dienone is 2. The van der Waals surface area contributed by atoms with Crippen LogP contribution in [-0.2, 0) is 19.1 Å².